The first-order valence-corrected chi connectivity index (χ1v) is 11.8. The van der Waals surface area contributed by atoms with Gasteiger partial charge >= 0.3 is 0 Å². The number of benzene rings is 1. The first kappa shape index (κ1) is 23.7. The van der Waals surface area contributed by atoms with Gasteiger partial charge in [0.1, 0.15) is 23.6 Å². The Balaban J connectivity index is 1.44. The molecular formula is C23H22ClN7O5. The highest BCUT2D eigenvalue weighted by Gasteiger charge is 2.48. The summed E-state index contributed by atoms with van der Waals surface area (Å²) in [5.41, 5.74) is 5.41. The van der Waals surface area contributed by atoms with E-state index in [0.29, 0.717) is 17.8 Å². The summed E-state index contributed by atoms with van der Waals surface area (Å²) in [4.78, 5) is 55.1. The lowest BCUT2D eigenvalue weighted by molar-refractivity contribution is -0.384. The van der Waals surface area contributed by atoms with Crippen LogP contribution in [0.2, 0.25) is 5.15 Å². The number of rotatable bonds is 6. The molecule has 3 amide bonds. The number of carbonyl (C=O) groups is 3. The molecule has 1 aromatic carbocycles. The Morgan fingerprint density at radius 3 is 2.75 bits per heavy atom. The number of likely N-dealkylation sites (tertiary alicyclic amines) is 1. The first-order valence-electron chi connectivity index (χ1n) is 11.4. The molecule has 3 aromatic rings. The van der Waals surface area contributed by atoms with E-state index in [0.717, 1.165) is 19.3 Å². The van der Waals surface area contributed by atoms with Crippen LogP contribution in [0.1, 0.15) is 36.2 Å². The number of fused-ring (bicyclic) bond motifs is 2. The first-order chi connectivity index (χ1) is 17.2. The summed E-state index contributed by atoms with van der Waals surface area (Å²) in [6.07, 6.45) is 3.20. The van der Waals surface area contributed by atoms with Crippen LogP contribution in [0.25, 0.3) is 10.9 Å². The summed E-state index contributed by atoms with van der Waals surface area (Å²) in [5, 5.41) is 18.5. The van der Waals surface area contributed by atoms with E-state index in [4.69, 9.17) is 17.3 Å². The number of nitrogens with one attached hydrogen (secondary N) is 1. The average molecular weight is 512 g/mol. The zero-order valence-electron chi connectivity index (χ0n) is 19.0. The Morgan fingerprint density at radius 2 is 2.03 bits per heavy atom. The normalized spacial score (nSPS) is 20.9. The fraction of sp³-hybridized carbons (Fsp3) is 0.348. The van der Waals surface area contributed by atoms with Crippen LogP contribution < -0.4 is 11.1 Å². The van der Waals surface area contributed by atoms with Crippen molar-refractivity contribution in [1.29, 1.82) is 0 Å². The van der Waals surface area contributed by atoms with E-state index in [2.05, 4.69) is 15.4 Å². The third kappa shape index (κ3) is 4.24. The van der Waals surface area contributed by atoms with Gasteiger partial charge in [0.15, 0.2) is 5.69 Å². The predicted molar refractivity (Wildman–Crippen MR) is 129 cm³/mol. The van der Waals surface area contributed by atoms with Crippen molar-refractivity contribution in [2.24, 2.45) is 11.7 Å². The van der Waals surface area contributed by atoms with Gasteiger partial charge in [-0.15, -0.1) is 0 Å². The van der Waals surface area contributed by atoms with Gasteiger partial charge in [0.05, 0.1) is 10.4 Å². The lowest BCUT2D eigenvalue weighted by Crippen LogP contribution is -2.48. The van der Waals surface area contributed by atoms with E-state index in [9.17, 15) is 24.5 Å². The van der Waals surface area contributed by atoms with Gasteiger partial charge in [0, 0.05) is 23.6 Å². The van der Waals surface area contributed by atoms with E-state index in [1.54, 1.807) is 23.1 Å². The number of pyridine rings is 1. The third-order valence-corrected chi connectivity index (χ3v) is 7.07. The molecule has 1 aliphatic carbocycles. The van der Waals surface area contributed by atoms with Gasteiger partial charge in [-0.25, -0.2) is 4.98 Å². The summed E-state index contributed by atoms with van der Waals surface area (Å²) < 4.78 is 1.30. The van der Waals surface area contributed by atoms with Crippen LogP contribution in [0.4, 0.5) is 11.5 Å². The number of nitro groups is 1. The van der Waals surface area contributed by atoms with Gasteiger partial charge in [-0.1, -0.05) is 24.1 Å². The average Bonchev–Trinajstić information content (AvgIpc) is 3.51. The van der Waals surface area contributed by atoms with Crippen LogP contribution >= 0.6 is 11.6 Å². The van der Waals surface area contributed by atoms with E-state index in [1.807, 2.05) is 0 Å². The zero-order chi connectivity index (χ0) is 25.6. The number of anilines is 1. The van der Waals surface area contributed by atoms with Crippen molar-refractivity contribution in [1.82, 2.24) is 19.7 Å². The highest BCUT2D eigenvalue weighted by atomic mass is 35.5. The van der Waals surface area contributed by atoms with Gasteiger partial charge in [0.25, 0.3) is 11.6 Å². The summed E-state index contributed by atoms with van der Waals surface area (Å²) in [7, 11) is 0. The molecule has 2 aromatic heterocycles. The molecule has 0 spiro atoms. The Bertz CT molecular complexity index is 1410. The Morgan fingerprint density at radius 1 is 1.22 bits per heavy atom. The quantitative estimate of drug-likeness (QED) is 0.291. The summed E-state index contributed by atoms with van der Waals surface area (Å²) in [6, 6.07) is 8.00. The second kappa shape index (κ2) is 9.19. The highest BCUT2D eigenvalue weighted by molar-refractivity contribution is 6.29. The molecule has 5 rings (SSSR count). The maximum atomic E-state index is 13.6. The highest BCUT2D eigenvalue weighted by Crippen LogP contribution is 2.42. The number of nitrogens with zero attached hydrogens (tertiary/aromatic N) is 5. The van der Waals surface area contributed by atoms with Gasteiger partial charge in [-0.2, -0.15) is 5.10 Å². The van der Waals surface area contributed by atoms with Crippen LogP contribution in [-0.4, -0.2) is 54.4 Å². The van der Waals surface area contributed by atoms with Crippen LogP contribution in [-0.2, 0) is 16.1 Å². The Labute approximate surface area is 209 Å². The number of hydrogen-bond acceptors (Lipinski definition) is 7. The number of carbonyl (C=O) groups excluding carboxylic acids is 3. The fourth-order valence-corrected chi connectivity index (χ4v) is 5.53. The summed E-state index contributed by atoms with van der Waals surface area (Å²) >= 11 is 5.93. The van der Waals surface area contributed by atoms with E-state index < -0.39 is 16.9 Å². The van der Waals surface area contributed by atoms with Crippen LogP contribution in [0.3, 0.4) is 0 Å². The molecule has 0 radical (unpaired) electrons. The van der Waals surface area contributed by atoms with Crippen LogP contribution in [0.5, 0.6) is 0 Å². The van der Waals surface area contributed by atoms with Gasteiger partial charge in [0.2, 0.25) is 11.8 Å². The van der Waals surface area contributed by atoms with Crippen molar-refractivity contribution in [2.45, 2.75) is 44.3 Å². The topological polar surface area (TPSA) is 166 Å². The van der Waals surface area contributed by atoms with Crippen LogP contribution in [0, 0.1) is 16.0 Å². The molecule has 186 valence electrons. The number of primary amides is 1. The van der Waals surface area contributed by atoms with Gasteiger partial charge in [-0.05, 0) is 43.4 Å². The number of hydrogen-bond donors (Lipinski definition) is 2. The number of nitro benzene ring substituents is 1. The number of nitrogens with two attached hydrogens (primary N) is 1. The summed E-state index contributed by atoms with van der Waals surface area (Å²) in [5.74, 6) is -1.07. The van der Waals surface area contributed by atoms with Crippen molar-refractivity contribution >= 4 is 51.7 Å². The van der Waals surface area contributed by atoms with E-state index in [-0.39, 0.29) is 52.2 Å². The number of halogens is 1. The SMILES string of the molecule is NC(=O)c1nn(CC(=O)N2C3CCC[C@H]3C[C@H]2C(=O)Nc2cccc(Cl)n2)c2ccc([N+](=O)[O-])cc12. The van der Waals surface area contributed by atoms with Crippen molar-refractivity contribution in [3.05, 3.63) is 57.4 Å². The molecule has 3 heterocycles. The molecule has 2 fully saturated rings. The van der Waals surface area contributed by atoms with Gasteiger partial charge in [-0.3, -0.25) is 29.2 Å². The minimum Gasteiger partial charge on any atom is -0.364 e. The predicted octanol–water partition coefficient (Wildman–Crippen LogP) is 2.50. The second-order valence-electron chi connectivity index (χ2n) is 8.97. The minimum absolute atomic E-state index is 0.0842. The van der Waals surface area contributed by atoms with E-state index >= 15 is 0 Å². The lowest BCUT2D eigenvalue weighted by Gasteiger charge is -2.29. The molecular weight excluding hydrogens is 490 g/mol. The zero-order valence-corrected chi connectivity index (χ0v) is 19.7. The molecule has 3 atom stereocenters. The smallest absolute Gasteiger partial charge is 0.270 e. The summed E-state index contributed by atoms with van der Waals surface area (Å²) in [6.45, 7) is -0.260. The molecule has 1 unspecified atom stereocenters. The molecule has 1 aliphatic heterocycles. The monoisotopic (exact) mass is 511 g/mol. The third-order valence-electron chi connectivity index (χ3n) is 6.86. The maximum Gasteiger partial charge on any atom is 0.270 e. The number of non-ortho nitro benzene ring substituents is 1. The molecule has 2 aliphatic rings. The Hall–Kier alpha value is -4.06. The van der Waals surface area contributed by atoms with Crippen LogP contribution in [0.15, 0.2) is 36.4 Å². The molecule has 3 N–H and O–H groups in total. The standard InChI is InChI=1S/C23H22ClN7O5/c24-18-5-2-6-19(26-18)27-23(34)17-9-12-3-1-4-15(12)30(17)20(32)11-29-16-8-7-13(31(35)36)10-14(16)21(28-29)22(25)33/h2,5-8,10,12,15,17H,1,3-4,9,11H2,(H2,25,33)(H,26,27,34)/t12-,15?,17-/m0/s1. The maximum absolute atomic E-state index is 13.6. The van der Waals surface area contributed by atoms with Crippen molar-refractivity contribution in [2.75, 3.05) is 5.32 Å². The van der Waals surface area contributed by atoms with Crippen molar-refractivity contribution in [3.63, 3.8) is 0 Å². The van der Waals surface area contributed by atoms with Crippen molar-refractivity contribution < 1.29 is 19.3 Å². The molecule has 13 heteroatoms. The minimum atomic E-state index is -0.866. The second-order valence-corrected chi connectivity index (χ2v) is 9.36. The largest absolute Gasteiger partial charge is 0.364 e. The fourth-order valence-electron chi connectivity index (χ4n) is 5.36. The Kier molecular flexibility index (Phi) is 6.04. The van der Waals surface area contributed by atoms with Crippen molar-refractivity contribution in [3.8, 4) is 0 Å². The molecule has 1 saturated carbocycles. The molecule has 0 bridgehead atoms. The molecule has 36 heavy (non-hydrogen) atoms. The molecule has 12 nitrogen and oxygen atoms in total. The number of aromatic nitrogens is 3. The van der Waals surface area contributed by atoms with E-state index in [1.165, 1.54) is 22.9 Å². The number of amides is 3. The lowest BCUT2D eigenvalue weighted by atomic mass is 10.0. The molecule has 1 saturated heterocycles. The van der Waals surface area contributed by atoms with Gasteiger partial charge < -0.3 is 16.0 Å².